The third-order valence-electron chi connectivity index (χ3n) is 4.54. The molecule has 2 aliphatic rings. The first-order chi connectivity index (χ1) is 9.18. The van der Waals surface area contributed by atoms with E-state index in [9.17, 15) is 0 Å². The van der Waals surface area contributed by atoms with E-state index in [0.29, 0.717) is 11.8 Å². The Hall–Kier alpha value is -2.09. The van der Waals surface area contributed by atoms with Gasteiger partial charge in [-0.05, 0) is 17.5 Å². The number of rotatable bonds is 0. The Morgan fingerprint density at radius 3 is 2.58 bits per heavy atom. The van der Waals surface area contributed by atoms with Crippen LogP contribution in [0.3, 0.4) is 0 Å². The van der Waals surface area contributed by atoms with Gasteiger partial charge in [0.05, 0.1) is 11.4 Å². The molecule has 0 aliphatic carbocycles. The van der Waals surface area contributed by atoms with Crippen molar-refractivity contribution in [3.05, 3.63) is 48.7 Å². The van der Waals surface area contributed by atoms with Crippen LogP contribution in [-0.2, 0) is 0 Å². The van der Waals surface area contributed by atoms with E-state index < -0.39 is 0 Å². The van der Waals surface area contributed by atoms with Crippen LogP contribution < -0.4 is 4.90 Å². The summed E-state index contributed by atoms with van der Waals surface area (Å²) >= 11 is 0. The van der Waals surface area contributed by atoms with Crippen molar-refractivity contribution < 1.29 is 0 Å². The summed E-state index contributed by atoms with van der Waals surface area (Å²) in [6.45, 7) is 8.75. The fraction of sp³-hybridized carbons (Fsp3) is 0.235. The molecule has 1 saturated heterocycles. The molecule has 4 rings (SSSR count). The van der Waals surface area contributed by atoms with Gasteiger partial charge in [-0.15, -0.1) is 0 Å². The molecule has 2 aromatic rings. The number of hydrogen-bond acceptors (Lipinski definition) is 2. The van der Waals surface area contributed by atoms with Crippen LogP contribution >= 0.6 is 0 Å². The second-order valence-corrected chi connectivity index (χ2v) is 5.53. The second-order valence-electron chi connectivity index (χ2n) is 5.53. The Labute approximate surface area is 113 Å². The molecule has 1 fully saturated rings. The van der Waals surface area contributed by atoms with Gasteiger partial charge in [-0.1, -0.05) is 44.7 Å². The third kappa shape index (κ3) is 1.24. The average Bonchev–Trinajstić information content (AvgIpc) is 2.65. The first-order valence-electron chi connectivity index (χ1n) is 6.78. The van der Waals surface area contributed by atoms with E-state index >= 15 is 0 Å². The summed E-state index contributed by atoms with van der Waals surface area (Å²) < 4.78 is 0. The molecule has 19 heavy (non-hydrogen) atoms. The van der Waals surface area contributed by atoms with E-state index in [-0.39, 0.29) is 0 Å². The van der Waals surface area contributed by atoms with E-state index in [4.69, 9.17) is 4.99 Å². The molecule has 0 radical (unpaired) electrons. The lowest BCUT2D eigenvalue weighted by Crippen LogP contribution is -2.27. The predicted octanol–water partition coefficient (Wildman–Crippen LogP) is 4.49. The van der Waals surface area contributed by atoms with Gasteiger partial charge >= 0.3 is 0 Å². The minimum atomic E-state index is 0.427. The minimum Gasteiger partial charge on any atom is -0.302 e. The van der Waals surface area contributed by atoms with Crippen LogP contribution in [0.15, 0.2) is 53.7 Å². The van der Waals surface area contributed by atoms with Crippen LogP contribution in [0.1, 0.15) is 13.8 Å². The molecule has 2 aromatic carbocycles. The lowest BCUT2D eigenvalue weighted by atomic mass is 9.97. The second kappa shape index (κ2) is 3.47. The third-order valence-corrected chi connectivity index (χ3v) is 4.54. The summed E-state index contributed by atoms with van der Waals surface area (Å²) in [4.78, 5) is 7.14. The fourth-order valence-electron chi connectivity index (χ4n) is 3.20. The number of anilines is 1. The number of benzene rings is 2. The highest BCUT2D eigenvalue weighted by atomic mass is 15.3. The zero-order chi connectivity index (χ0) is 13.1. The highest BCUT2D eigenvalue weighted by Gasteiger charge is 2.39. The van der Waals surface area contributed by atoms with Crippen molar-refractivity contribution in [1.82, 2.24) is 0 Å². The lowest BCUT2D eigenvalue weighted by Gasteiger charge is -2.27. The van der Waals surface area contributed by atoms with Gasteiger partial charge < -0.3 is 4.90 Å². The molecule has 0 spiro atoms. The molecule has 0 aromatic heterocycles. The summed E-state index contributed by atoms with van der Waals surface area (Å²) in [6.07, 6.45) is 0. The molecule has 2 nitrogen and oxygen atoms in total. The molecular weight excluding hydrogens is 232 g/mol. The molecule has 0 amide bonds. The van der Waals surface area contributed by atoms with Crippen LogP contribution in [-0.4, -0.2) is 5.84 Å². The van der Waals surface area contributed by atoms with E-state index in [1.807, 2.05) is 0 Å². The molecule has 0 N–H and O–H groups in total. The number of aliphatic imine (C=N–C) groups is 1. The average molecular weight is 248 g/mol. The summed E-state index contributed by atoms with van der Waals surface area (Å²) in [5, 5.41) is 2.49. The van der Waals surface area contributed by atoms with Crippen LogP contribution in [0, 0.1) is 11.8 Å². The monoisotopic (exact) mass is 248 g/mol. The SMILES string of the molecule is C=C1C(C)C(C)C2=Nc3cccc4cccc(c34)N12. The first kappa shape index (κ1) is 10.8. The maximum atomic E-state index is 4.89. The Morgan fingerprint density at radius 1 is 1.05 bits per heavy atom. The number of allylic oxidation sites excluding steroid dienone is 1. The molecule has 2 heteroatoms. The highest BCUT2D eigenvalue weighted by Crippen LogP contribution is 2.46. The van der Waals surface area contributed by atoms with Gasteiger partial charge in [0, 0.05) is 22.9 Å². The van der Waals surface area contributed by atoms with Crippen molar-refractivity contribution in [2.24, 2.45) is 16.8 Å². The Balaban J connectivity index is 2.10. The molecule has 2 atom stereocenters. The van der Waals surface area contributed by atoms with E-state index in [1.54, 1.807) is 0 Å². The maximum Gasteiger partial charge on any atom is 0.117 e. The van der Waals surface area contributed by atoms with E-state index in [1.165, 1.54) is 16.5 Å². The number of nitrogens with zero attached hydrogens (tertiary/aromatic N) is 2. The first-order valence-corrected chi connectivity index (χ1v) is 6.78. The molecule has 2 heterocycles. The van der Waals surface area contributed by atoms with E-state index in [0.717, 1.165) is 17.2 Å². The van der Waals surface area contributed by atoms with E-state index in [2.05, 4.69) is 61.7 Å². The van der Waals surface area contributed by atoms with Crippen LogP contribution in [0.25, 0.3) is 10.8 Å². The predicted molar refractivity (Wildman–Crippen MR) is 81.0 cm³/mol. The van der Waals surface area contributed by atoms with Gasteiger partial charge in [-0.3, -0.25) is 0 Å². The largest absolute Gasteiger partial charge is 0.302 e. The fourth-order valence-corrected chi connectivity index (χ4v) is 3.20. The normalized spacial score (nSPS) is 24.6. The summed E-state index contributed by atoms with van der Waals surface area (Å²) in [6, 6.07) is 12.8. The van der Waals surface area contributed by atoms with Crippen molar-refractivity contribution in [3.8, 4) is 0 Å². The van der Waals surface area contributed by atoms with Gasteiger partial charge in [0.15, 0.2) is 0 Å². The molecule has 0 saturated carbocycles. The van der Waals surface area contributed by atoms with Gasteiger partial charge in [0.25, 0.3) is 0 Å². The quantitative estimate of drug-likeness (QED) is 0.670. The van der Waals surface area contributed by atoms with Crippen molar-refractivity contribution in [2.75, 3.05) is 4.90 Å². The maximum absolute atomic E-state index is 4.89. The van der Waals surface area contributed by atoms with Crippen molar-refractivity contribution >= 4 is 28.0 Å². The Morgan fingerprint density at radius 2 is 1.79 bits per heavy atom. The Bertz CT molecular complexity index is 737. The standard InChI is InChI=1S/C17H16N2/c1-10-11(2)17-18-14-8-4-6-13-7-5-9-15(16(13)14)19(17)12(10)3/h4-11H,3H2,1-2H3. The van der Waals surface area contributed by atoms with Gasteiger partial charge in [0.1, 0.15) is 5.84 Å². The van der Waals surface area contributed by atoms with Gasteiger partial charge in [-0.2, -0.15) is 0 Å². The molecule has 2 aliphatic heterocycles. The van der Waals surface area contributed by atoms with Crippen LogP contribution in [0.5, 0.6) is 0 Å². The summed E-state index contributed by atoms with van der Waals surface area (Å²) in [7, 11) is 0. The van der Waals surface area contributed by atoms with Gasteiger partial charge in [-0.25, -0.2) is 4.99 Å². The summed E-state index contributed by atoms with van der Waals surface area (Å²) in [5.41, 5.74) is 3.49. The molecule has 94 valence electrons. The number of hydrogen-bond donors (Lipinski definition) is 0. The van der Waals surface area contributed by atoms with Crippen LogP contribution in [0.4, 0.5) is 11.4 Å². The van der Waals surface area contributed by atoms with Crippen LogP contribution in [0.2, 0.25) is 0 Å². The smallest absolute Gasteiger partial charge is 0.117 e. The Kier molecular flexibility index (Phi) is 1.97. The molecule has 2 unspecified atom stereocenters. The summed E-state index contributed by atoms with van der Waals surface area (Å²) in [5.74, 6) is 2.02. The minimum absolute atomic E-state index is 0.427. The van der Waals surface area contributed by atoms with Crippen molar-refractivity contribution in [2.45, 2.75) is 13.8 Å². The molecule has 0 bridgehead atoms. The van der Waals surface area contributed by atoms with Gasteiger partial charge in [0.2, 0.25) is 0 Å². The topological polar surface area (TPSA) is 15.6 Å². The zero-order valence-corrected chi connectivity index (χ0v) is 11.2. The van der Waals surface area contributed by atoms with Crippen molar-refractivity contribution in [1.29, 1.82) is 0 Å². The number of amidine groups is 1. The lowest BCUT2D eigenvalue weighted by molar-refractivity contribution is 0.596. The number of fused-ring (bicyclic) bond motifs is 2. The highest BCUT2D eigenvalue weighted by molar-refractivity contribution is 6.18. The van der Waals surface area contributed by atoms with Crippen molar-refractivity contribution in [3.63, 3.8) is 0 Å². The molecular formula is C17H16N2. The zero-order valence-electron chi connectivity index (χ0n) is 11.2.